The fourth-order valence-electron chi connectivity index (χ4n) is 4.94. The molecule has 0 spiro atoms. The highest BCUT2D eigenvalue weighted by Gasteiger charge is 2.23. The van der Waals surface area contributed by atoms with Crippen LogP contribution in [-0.4, -0.2) is 91.0 Å². The maximum absolute atomic E-state index is 12.7. The third-order valence-corrected chi connectivity index (χ3v) is 6.89. The average Bonchev–Trinajstić information content (AvgIpc) is 3.03. The minimum atomic E-state index is 0.303. The molecular weight excluding hydrogens is 400 g/mol. The van der Waals surface area contributed by atoms with Gasteiger partial charge in [-0.2, -0.15) is 0 Å². The van der Waals surface area contributed by atoms with Gasteiger partial charge in [0.1, 0.15) is 0 Å². The molecule has 7 nitrogen and oxygen atoms in total. The summed E-state index contributed by atoms with van der Waals surface area (Å²) in [6.45, 7) is 9.03. The summed E-state index contributed by atoms with van der Waals surface area (Å²) in [4.78, 5) is 27.3. The smallest absolute Gasteiger partial charge is 0.236 e. The van der Waals surface area contributed by atoms with E-state index >= 15 is 0 Å². The normalized spacial score (nSPS) is 18.8. The van der Waals surface area contributed by atoms with Crippen LogP contribution >= 0.6 is 0 Å². The monoisotopic (exact) mass is 438 g/mol. The Kier molecular flexibility index (Phi) is 7.68. The number of nitrogens with one attached hydrogen (secondary N) is 2. The molecule has 0 bridgehead atoms. The number of guanidine groups is 1. The third-order valence-electron chi connectivity index (χ3n) is 6.89. The Bertz CT molecular complexity index is 920. The Morgan fingerprint density at radius 3 is 2.50 bits per heavy atom. The topological polar surface area (TPSA) is 67.0 Å². The van der Waals surface area contributed by atoms with Gasteiger partial charge in [-0.3, -0.25) is 14.7 Å². The van der Waals surface area contributed by atoms with Gasteiger partial charge in [-0.25, -0.2) is 0 Å². The summed E-state index contributed by atoms with van der Waals surface area (Å²) in [5, 5.41) is 4.85. The summed E-state index contributed by atoms with van der Waals surface area (Å²) < 4.78 is 0. The van der Waals surface area contributed by atoms with Crippen molar-refractivity contribution >= 4 is 22.8 Å². The van der Waals surface area contributed by atoms with Gasteiger partial charge in [0, 0.05) is 70.0 Å². The molecule has 4 rings (SSSR count). The number of aromatic nitrogens is 1. The molecule has 0 aliphatic carbocycles. The second-order valence-corrected chi connectivity index (χ2v) is 9.09. The number of hydrogen-bond donors (Lipinski definition) is 2. The predicted molar refractivity (Wildman–Crippen MR) is 131 cm³/mol. The molecule has 0 saturated carbocycles. The maximum atomic E-state index is 12.7. The Hall–Kier alpha value is -2.54. The zero-order valence-electron chi connectivity index (χ0n) is 19.7. The number of benzene rings is 1. The van der Waals surface area contributed by atoms with Gasteiger partial charge < -0.3 is 20.1 Å². The number of likely N-dealkylation sites (tertiary alicyclic amines) is 1. The summed E-state index contributed by atoms with van der Waals surface area (Å²) in [7, 11) is 1.85. The highest BCUT2D eigenvalue weighted by Crippen LogP contribution is 2.21. The molecule has 1 amide bonds. The van der Waals surface area contributed by atoms with Crippen molar-refractivity contribution in [1.29, 1.82) is 0 Å². The number of nitrogens with zero attached hydrogens (tertiary/aromatic N) is 4. The number of hydrogen-bond acceptors (Lipinski definition) is 3. The lowest BCUT2D eigenvalue weighted by Gasteiger charge is -2.37. The van der Waals surface area contributed by atoms with E-state index in [1.807, 2.05) is 7.05 Å². The number of fused-ring (bicyclic) bond motifs is 1. The van der Waals surface area contributed by atoms with Crippen LogP contribution in [-0.2, 0) is 11.2 Å². The number of aryl methyl sites for hydroxylation is 1. The number of aromatic amines is 1. The third kappa shape index (κ3) is 5.44. The fraction of sp³-hybridized carbons (Fsp3) is 0.600. The molecule has 3 heterocycles. The zero-order valence-corrected chi connectivity index (χ0v) is 19.7. The first-order valence-electron chi connectivity index (χ1n) is 12.2. The predicted octanol–water partition coefficient (Wildman–Crippen LogP) is 2.61. The van der Waals surface area contributed by atoms with Crippen molar-refractivity contribution in [2.24, 2.45) is 4.99 Å². The Balaban J connectivity index is 1.22. The molecule has 0 unspecified atom stereocenters. The molecular formula is C25H38N6O. The molecule has 1 aromatic heterocycles. The number of piperazine rings is 1. The standard InChI is InChI=1S/C25H38N6O/c1-20-8-7-9-22-21(18-28-24(20)22)10-11-27-25(26-2)31-16-14-29(15-17-31)19-23(32)30-12-5-3-4-6-13-30/h7-9,18,28H,3-6,10-17,19H2,1-2H3,(H,26,27). The number of para-hydroxylation sites is 1. The quantitative estimate of drug-likeness (QED) is 0.556. The minimum Gasteiger partial charge on any atom is -0.361 e. The highest BCUT2D eigenvalue weighted by atomic mass is 16.2. The van der Waals surface area contributed by atoms with E-state index in [1.165, 1.54) is 34.9 Å². The van der Waals surface area contributed by atoms with E-state index in [4.69, 9.17) is 0 Å². The molecule has 2 aliphatic heterocycles. The summed E-state index contributed by atoms with van der Waals surface area (Å²) in [6, 6.07) is 6.46. The Morgan fingerprint density at radius 2 is 1.78 bits per heavy atom. The van der Waals surface area contributed by atoms with Gasteiger partial charge in [-0.05, 0) is 37.3 Å². The summed E-state index contributed by atoms with van der Waals surface area (Å²) in [5.74, 6) is 1.26. The van der Waals surface area contributed by atoms with Crippen LogP contribution in [0.2, 0.25) is 0 Å². The van der Waals surface area contributed by atoms with Crippen molar-refractivity contribution in [3.63, 3.8) is 0 Å². The number of amides is 1. The molecule has 2 aromatic rings. The molecule has 32 heavy (non-hydrogen) atoms. The van der Waals surface area contributed by atoms with E-state index in [9.17, 15) is 4.79 Å². The van der Waals surface area contributed by atoms with Crippen molar-refractivity contribution in [1.82, 2.24) is 25.0 Å². The van der Waals surface area contributed by atoms with Crippen LogP contribution in [0.5, 0.6) is 0 Å². The second kappa shape index (κ2) is 10.9. The zero-order chi connectivity index (χ0) is 22.3. The average molecular weight is 439 g/mol. The minimum absolute atomic E-state index is 0.303. The summed E-state index contributed by atoms with van der Waals surface area (Å²) in [6.07, 6.45) is 7.90. The first-order valence-corrected chi connectivity index (χ1v) is 12.2. The molecule has 2 fully saturated rings. The molecule has 0 radical (unpaired) electrons. The van der Waals surface area contributed by atoms with E-state index < -0.39 is 0 Å². The lowest BCUT2D eigenvalue weighted by atomic mass is 10.1. The Morgan fingerprint density at radius 1 is 1.03 bits per heavy atom. The van der Waals surface area contributed by atoms with Gasteiger partial charge in [0.15, 0.2) is 5.96 Å². The highest BCUT2D eigenvalue weighted by molar-refractivity contribution is 5.86. The van der Waals surface area contributed by atoms with Gasteiger partial charge in [-0.15, -0.1) is 0 Å². The van der Waals surface area contributed by atoms with Gasteiger partial charge in [0.25, 0.3) is 0 Å². The van der Waals surface area contributed by atoms with Crippen LogP contribution in [0, 0.1) is 6.92 Å². The first-order chi connectivity index (χ1) is 15.7. The van der Waals surface area contributed by atoms with Gasteiger partial charge in [-0.1, -0.05) is 31.0 Å². The maximum Gasteiger partial charge on any atom is 0.236 e. The molecule has 174 valence electrons. The van der Waals surface area contributed by atoms with Crippen molar-refractivity contribution < 1.29 is 4.79 Å². The van der Waals surface area contributed by atoms with Gasteiger partial charge >= 0.3 is 0 Å². The van der Waals surface area contributed by atoms with Gasteiger partial charge in [0.05, 0.1) is 6.54 Å². The lowest BCUT2D eigenvalue weighted by Crippen LogP contribution is -2.54. The molecule has 2 aliphatic rings. The molecule has 7 heteroatoms. The number of H-pyrrole nitrogens is 1. The van der Waals surface area contributed by atoms with Crippen LogP contribution in [0.1, 0.15) is 36.8 Å². The molecule has 2 saturated heterocycles. The molecule has 0 atom stereocenters. The number of carbonyl (C=O) groups is 1. The SMILES string of the molecule is CN=C(NCCc1c[nH]c2c(C)cccc12)N1CCN(CC(=O)N2CCCCCC2)CC1. The van der Waals surface area contributed by atoms with E-state index in [2.05, 4.69) is 61.3 Å². The second-order valence-electron chi connectivity index (χ2n) is 9.09. The molecule has 2 N–H and O–H groups in total. The summed E-state index contributed by atoms with van der Waals surface area (Å²) in [5.41, 5.74) is 3.85. The van der Waals surface area contributed by atoms with Crippen LogP contribution in [0.4, 0.5) is 0 Å². The van der Waals surface area contributed by atoms with E-state index in [-0.39, 0.29) is 0 Å². The van der Waals surface area contributed by atoms with Crippen LogP contribution in [0.3, 0.4) is 0 Å². The number of carbonyl (C=O) groups excluding carboxylic acids is 1. The number of aliphatic imine (C=N–C) groups is 1. The lowest BCUT2D eigenvalue weighted by molar-refractivity contribution is -0.132. The fourth-order valence-corrected chi connectivity index (χ4v) is 4.94. The van der Waals surface area contributed by atoms with Gasteiger partial charge in [0.2, 0.25) is 5.91 Å². The van der Waals surface area contributed by atoms with E-state index in [0.717, 1.165) is 71.0 Å². The van der Waals surface area contributed by atoms with E-state index in [0.29, 0.717) is 12.5 Å². The first kappa shape index (κ1) is 22.6. The Labute approximate surface area is 191 Å². The molecule has 1 aromatic carbocycles. The van der Waals surface area contributed by atoms with E-state index in [1.54, 1.807) is 0 Å². The number of rotatable bonds is 5. The van der Waals surface area contributed by atoms with Crippen LogP contribution in [0.25, 0.3) is 10.9 Å². The van der Waals surface area contributed by atoms with Crippen molar-refractivity contribution in [2.75, 3.05) is 59.4 Å². The van der Waals surface area contributed by atoms with Crippen molar-refractivity contribution in [3.05, 3.63) is 35.5 Å². The van der Waals surface area contributed by atoms with Crippen LogP contribution in [0.15, 0.2) is 29.4 Å². The largest absolute Gasteiger partial charge is 0.361 e. The van der Waals surface area contributed by atoms with Crippen molar-refractivity contribution in [3.8, 4) is 0 Å². The summed E-state index contributed by atoms with van der Waals surface area (Å²) >= 11 is 0. The van der Waals surface area contributed by atoms with Crippen LogP contribution < -0.4 is 5.32 Å². The van der Waals surface area contributed by atoms with Crippen molar-refractivity contribution in [2.45, 2.75) is 39.0 Å².